The molecular formula is C22H35N5O2. The van der Waals surface area contributed by atoms with Crippen molar-refractivity contribution in [3.63, 3.8) is 0 Å². The minimum Gasteiger partial charge on any atom is -0.450 e. The number of benzene rings is 1. The minimum absolute atomic E-state index is 0.222. The van der Waals surface area contributed by atoms with Gasteiger partial charge in [-0.25, -0.2) is 4.79 Å². The number of hydrogen-bond acceptors (Lipinski definition) is 4. The number of carbonyl (C=O) groups excluding carboxylic acids is 1. The first-order valence-corrected chi connectivity index (χ1v) is 10.9. The molecule has 0 radical (unpaired) electrons. The maximum absolute atomic E-state index is 11.8. The molecule has 0 unspecified atom stereocenters. The fourth-order valence-electron chi connectivity index (χ4n) is 3.97. The summed E-state index contributed by atoms with van der Waals surface area (Å²) in [7, 11) is 1.81. The maximum atomic E-state index is 11.8. The Hall–Kier alpha value is -2.28. The number of piperidine rings is 1. The third-order valence-corrected chi connectivity index (χ3v) is 5.65. The predicted octanol–water partition coefficient (Wildman–Crippen LogP) is 2.52. The first-order chi connectivity index (χ1) is 14.2. The van der Waals surface area contributed by atoms with E-state index < -0.39 is 0 Å². The van der Waals surface area contributed by atoms with Crippen molar-refractivity contribution < 1.29 is 9.53 Å². The summed E-state index contributed by atoms with van der Waals surface area (Å²) in [5.41, 5.74) is 2.63. The van der Waals surface area contributed by atoms with Crippen LogP contribution in [0.15, 0.2) is 29.3 Å². The molecule has 2 aliphatic rings. The lowest BCUT2D eigenvalue weighted by Gasteiger charge is -2.35. The number of nitrogens with one attached hydrogen (secondary N) is 1. The highest BCUT2D eigenvalue weighted by molar-refractivity contribution is 5.80. The van der Waals surface area contributed by atoms with Crippen molar-refractivity contribution in [2.24, 2.45) is 4.99 Å². The summed E-state index contributed by atoms with van der Waals surface area (Å²) in [6, 6.07) is 8.90. The van der Waals surface area contributed by atoms with E-state index in [2.05, 4.69) is 44.4 Å². The second-order valence-electron chi connectivity index (χ2n) is 7.73. The quantitative estimate of drug-likeness (QED) is 0.607. The summed E-state index contributed by atoms with van der Waals surface area (Å²) in [5.74, 6) is 0.880. The van der Waals surface area contributed by atoms with E-state index in [1.807, 2.05) is 14.0 Å². The van der Waals surface area contributed by atoms with Gasteiger partial charge < -0.3 is 19.9 Å². The highest BCUT2D eigenvalue weighted by atomic mass is 16.6. The Morgan fingerprint density at radius 3 is 2.21 bits per heavy atom. The third kappa shape index (κ3) is 6.35. The summed E-state index contributed by atoms with van der Waals surface area (Å²) in [4.78, 5) is 22.8. The average Bonchev–Trinajstić information content (AvgIpc) is 2.76. The van der Waals surface area contributed by atoms with Gasteiger partial charge in [-0.2, -0.15) is 0 Å². The van der Waals surface area contributed by atoms with E-state index in [1.165, 1.54) is 43.5 Å². The molecule has 2 heterocycles. The van der Waals surface area contributed by atoms with Gasteiger partial charge in [0.15, 0.2) is 5.96 Å². The van der Waals surface area contributed by atoms with Crippen LogP contribution in [-0.4, -0.2) is 79.7 Å². The van der Waals surface area contributed by atoms with Gasteiger partial charge in [-0.15, -0.1) is 0 Å². The molecule has 160 valence electrons. The number of carbonyl (C=O) groups is 1. The lowest BCUT2D eigenvalue weighted by molar-refractivity contribution is 0.0914. The van der Waals surface area contributed by atoms with Crippen molar-refractivity contribution >= 4 is 12.1 Å². The molecule has 1 amide bonds. The van der Waals surface area contributed by atoms with Crippen LogP contribution in [0.5, 0.6) is 0 Å². The summed E-state index contributed by atoms with van der Waals surface area (Å²) in [5, 5.41) is 3.46. The molecule has 0 saturated carbocycles. The van der Waals surface area contributed by atoms with Gasteiger partial charge in [0.2, 0.25) is 0 Å². The van der Waals surface area contributed by atoms with E-state index in [0.29, 0.717) is 19.7 Å². The van der Waals surface area contributed by atoms with Crippen molar-refractivity contribution in [3.05, 3.63) is 35.4 Å². The van der Waals surface area contributed by atoms with Crippen molar-refractivity contribution in [1.29, 1.82) is 0 Å². The van der Waals surface area contributed by atoms with Gasteiger partial charge in [0, 0.05) is 46.3 Å². The Labute approximate surface area is 174 Å². The van der Waals surface area contributed by atoms with Gasteiger partial charge in [0.05, 0.1) is 6.61 Å². The van der Waals surface area contributed by atoms with E-state index in [0.717, 1.165) is 32.1 Å². The normalized spacial score (nSPS) is 18.6. The van der Waals surface area contributed by atoms with Crippen molar-refractivity contribution in [2.75, 3.05) is 52.9 Å². The number of rotatable bonds is 5. The van der Waals surface area contributed by atoms with Gasteiger partial charge in [0.25, 0.3) is 0 Å². The van der Waals surface area contributed by atoms with Crippen LogP contribution in [0.3, 0.4) is 0 Å². The summed E-state index contributed by atoms with van der Waals surface area (Å²) >= 11 is 0. The van der Waals surface area contributed by atoms with Gasteiger partial charge >= 0.3 is 6.09 Å². The Morgan fingerprint density at radius 2 is 1.59 bits per heavy atom. The van der Waals surface area contributed by atoms with E-state index >= 15 is 0 Å². The molecule has 2 fully saturated rings. The number of guanidine groups is 1. The molecular weight excluding hydrogens is 366 g/mol. The standard InChI is InChI=1S/C22H35N5O2/c1-3-29-22(28)27-15-13-26(14-16-27)21(23-2)24-17-19-7-9-20(10-8-19)18-25-11-5-4-6-12-25/h7-10H,3-6,11-18H2,1-2H3,(H,23,24). The molecule has 7 nitrogen and oxygen atoms in total. The van der Waals surface area contributed by atoms with Crippen molar-refractivity contribution in [2.45, 2.75) is 39.3 Å². The van der Waals surface area contributed by atoms with E-state index in [-0.39, 0.29) is 6.09 Å². The molecule has 1 aromatic carbocycles. The summed E-state index contributed by atoms with van der Waals surface area (Å²) < 4.78 is 5.09. The van der Waals surface area contributed by atoms with Gasteiger partial charge in [-0.1, -0.05) is 30.7 Å². The van der Waals surface area contributed by atoms with Crippen molar-refractivity contribution in [3.8, 4) is 0 Å². The first-order valence-electron chi connectivity index (χ1n) is 10.9. The smallest absolute Gasteiger partial charge is 0.409 e. The molecule has 2 aliphatic heterocycles. The average molecular weight is 402 g/mol. The van der Waals surface area contributed by atoms with Crippen LogP contribution in [0.25, 0.3) is 0 Å². The maximum Gasteiger partial charge on any atom is 0.409 e. The first kappa shape index (κ1) is 21.4. The fourth-order valence-corrected chi connectivity index (χ4v) is 3.97. The number of aliphatic imine (C=N–C) groups is 1. The molecule has 0 aliphatic carbocycles. The zero-order chi connectivity index (χ0) is 20.5. The van der Waals surface area contributed by atoms with Crippen molar-refractivity contribution in [1.82, 2.24) is 20.0 Å². The number of ether oxygens (including phenoxy) is 1. The van der Waals surface area contributed by atoms with Gasteiger partial charge in [0.1, 0.15) is 0 Å². The predicted molar refractivity (Wildman–Crippen MR) is 116 cm³/mol. The van der Waals surface area contributed by atoms with Gasteiger partial charge in [-0.3, -0.25) is 9.89 Å². The summed E-state index contributed by atoms with van der Waals surface area (Å²) in [6.07, 6.45) is 3.81. The Morgan fingerprint density at radius 1 is 0.966 bits per heavy atom. The lowest BCUT2D eigenvalue weighted by Crippen LogP contribution is -2.53. The summed E-state index contributed by atoms with van der Waals surface area (Å²) in [6.45, 7) is 9.33. The molecule has 2 saturated heterocycles. The van der Waals surface area contributed by atoms with Crippen LogP contribution < -0.4 is 5.32 Å². The fraction of sp³-hybridized carbons (Fsp3) is 0.636. The highest BCUT2D eigenvalue weighted by Gasteiger charge is 2.23. The molecule has 0 spiro atoms. The minimum atomic E-state index is -0.222. The lowest BCUT2D eigenvalue weighted by atomic mass is 10.1. The van der Waals surface area contributed by atoms with Gasteiger partial charge in [-0.05, 0) is 44.0 Å². The van der Waals surface area contributed by atoms with E-state index in [1.54, 1.807) is 4.90 Å². The van der Waals surface area contributed by atoms with Crippen LogP contribution in [-0.2, 0) is 17.8 Å². The van der Waals surface area contributed by atoms with E-state index in [9.17, 15) is 4.79 Å². The van der Waals surface area contributed by atoms with Crippen LogP contribution >= 0.6 is 0 Å². The molecule has 0 aromatic heterocycles. The highest BCUT2D eigenvalue weighted by Crippen LogP contribution is 2.14. The Kier molecular flexibility index (Phi) is 8.16. The van der Waals surface area contributed by atoms with Crippen LogP contribution in [0.2, 0.25) is 0 Å². The van der Waals surface area contributed by atoms with Crippen LogP contribution in [0, 0.1) is 0 Å². The monoisotopic (exact) mass is 401 g/mol. The van der Waals surface area contributed by atoms with Crippen LogP contribution in [0.1, 0.15) is 37.3 Å². The molecule has 0 bridgehead atoms. The number of amides is 1. The molecule has 1 aromatic rings. The molecule has 0 atom stereocenters. The number of nitrogens with zero attached hydrogens (tertiary/aromatic N) is 4. The molecule has 1 N–H and O–H groups in total. The Bertz CT molecular complexity index is 662. The van der Waals surface area contributed by atoms with E-state index in [4.69, 9.17) is 4.74 Å². The zero-order valence-corrected chi connectivity index (χ0v) is 17.9. The number of likely N-dealkylation sites (tertiary alicyclic amines) is 1. The topological polar surface area (TPSA) is 60.4 Å². The third-order valence-electron chi connectivity index (χ3n) is 5.65. The zero-order valence-electron chi connectivity index (χ0n) is 17.9. The largest absolute Gasteiger partial charge is 0.450 e. The second-order valence-corrected chi connectivity index (χ2v) is 7.73. The molecule has 3 rings (SSSR count). The number of hydrogen-bond donors (Lipinski definition) is 1. The SMILES string of the molecule is CCOC(=O)N1CCN(C(=NC)NCc2ccc(CN3CCCCC3)cc2)CC1. The molecule has 7 heteroatoms. The molecule has 29 heavy (non-hydrogen) atoms. The second kappa shape index (κ2) is 11.0. The Balaban J connectivity index is 1.44. The number of piperazine rings is 1. The van der Waals surface area contributed by atoms with Crippen LogP contribution in [0.4, 0.5) is 4.79 Å².